The van der Waals surface area contributed by atoms with Gasteiger partial charge in [0.05, 0.1) is 10.5 Å². The van der Waals surface area contributed by atoms with E-state index in [0.717, 1.165) is 0 Å². The lowest BCUT2D eigenvalue weighted by Crippen LogP contribution is -1.99. The van der Waals surface area contributed by atoms with Crippen LogP contribution in [-0.4, -0.2) is 17.3 Å². The Hall–Kier alpha value is -1.91. The minimum atomic E-state index is -0.499. The van der Waals surface area contributed by atoms with Gasteiger partial charge in [0.15, 0.2) is 6.61 Å². The smallest absolute Gasteiger partial charge is 0.273 e. The predicted octanol–water partition coefficient (Wildman–Crippen LogP) is 1.48. The number of fused-ring (bicyclic) bond motifs is 1. The van der Waals surface area contributed by atoms with Crippen LogP contribution in [0, 0.1) is 17.0 Å². The predicted molar refractivity (Wildman–Crippen MR) is 47.7 cm³/mol. The number of nitro benzene ring substituents is 1. The van der Waals surface area contributed by atoms with Crippen molar-refractivity contribution in [2.24, 2.45) is 0 Å². The molecule has 0 saturated heterocycles. The number of carbonyl (C=O) groups excluding carboxylic acids is 1. The number of ketones is 1. The van der Waals surface area contributed by atoms with Crippen LogP contribution in [0.4, 0.5) is 5.69 Å². The van der Waals surface area contributed by atoms with Gasteiger partial charge in [-0.3, -0.25) is 14.9 Å². The van der Waals surface area contributed by atoms with E-state index in [9.17, 15) is 14.9 Å². The highest BCUT2D eigenvalue weighted by Crippen LogP contribution is 2.31. The van der Waals surface area contributed by atoms with Gasteiger partial charge in [0.25, 0.3) is 5.69 Å². The molecule has 72 valence electrons. The van der Waals surface area contributed by atoms with Gasteiger partial charge in [-0.1, -0.05) is 0 Å². The molecule has 0 N–H and O–H groups in total. The average molecular weight is 193 g/mol. The van der Waals surface area contributed by atoms with E-state index >= 15 is 0 Å². The number of nitrogens with zero attached hydrogens (tertiary/aromatic N) is 1. The summed E-state index contributed by atoms with van der Waals surface area (Å²) in [5, 5.41) is 10.6. The van der Waals surface area contributed by atoms with Gasteiger partial charge in [-0.15, -0.1) is 0 Å². The van der Waals surface area contributed by atoms with Gasteiger partial charge in [0.1, 0.15) is 5.75 Å². The van der Waals surface area contributed by atoms with Gasteiger partial charge in [-0.25, -0.2) is 0 Å². The molecule has 0 unspecified atom stereocenters. The molecule has 5 heteroatoms. The van der Waals surface area contributed by atoms with Crippen LogP contribution in [0.3, 0.4) is 0 Å². The molecule has 0 spiro atoms. The number of hydrogen-bond donors (Lipinski definition) is 0. The number of carbonyl (C=O) groups is 1. The van der Waals surface area contributed by atoms with Gasteiger partial charge < -0.3 is 4.74 Å². The maximum atomic E-state index is 11.2. The largest absolute Gasteiger partial charge is 0.485 e. The van der Waals surface area contributed by atoms with Gasteiger partial charge in [-0.2, -0.15) is 0 Å². The van der Waals surface area contributed by atoms with E-state index in [4.69, 9.17) is 4.74 Å². The molecule has 0 atom stereocenters. The summed E-state index contributed by atoms with van der Waals surface area (Å²) in [6.45, 7) is 1.60. The third-order valence-corrected chi connectivity index (χ3v) is 2.15. The number of hydrogen-bond acceptors (Lipinski definition) is 4. The topological polar surface area (TPSA) is 69.4 Å². The Morgan fingerprint density at radius 3 is 2.86 bits per heavy atom. The van der Waals surface area contributed by atoms with Crippen LogP contribution in [0.15, 0.2) is 12.1 Å². The maximum Gasteiger partial charge on any atom is 0.273 e. The zero-order chi connectivity index (χ0) is 10.3. The first kappa shape index (κ1) is 8.68. The highest BCUT2D eigenvalue weighted by atomic mass is 16.6. The standard InChI is InChI=1S/C9H7NO4/c1-5-2-9-6(8(11)4-14-9)3-7(5)10(12)13/h2-3H,4H2,1H3. The van der Waals surface area contributed by atoms with E-state index in [0.29, 0.717) is 16.9 Å². The minimum absolute atomic E-state index is 0.0179. The van der Waals surface area contributed by atoms with Crippen molar-refractivity contribution in [1.82, 2.24) is 0 Å². The first-order valence-corrected chi connectivity index (χ1v) is 4.04. The number of ether oxygens (including phenoxy) is 1. The molecule has 0 radical (unpaired) electrons. The van der Waals surface area contributed by atoms with Crippen molar-refractivity contribution in [3.05, 3.63) is 33.4 Å². The third-order valence-electron chi connectivity index (χ3n) is 2.15. The van der Waals surface area contributed by atoms with Crippen molar-refractivity contribution in [3.8, 4) is 5.75 Å². The fourth-order valence-corrected chi connectivity index (χ4v) is 1.43. The molecule has 1 aliphatic heterocycles. The van der Waals surface area contributed by atoms with Crippen molar-refractivity contribution in [2.75, 3.05) is 6.61 Å². The first-order chi connectivity index (χ1) is 6.59. The second-order valence-electron chi connectivity index (χ2n) is 3.10. The van der Waals surface area contributed by atoms with Gasteiger partial charge in [0.2, 0.25) is 5.78 Å². The molecule has 0 saturated carbocycles. The quantitative estimate of drug-likeness (QED) is 0.500. The summed E-state index contributed by atoms with van der Waals surface area (Å²) in [7, 11) is 0. The molecular formula is C9H7NO4. The normalized spacial score (nSPS) is 13.6. The zero-order valence-corrected chi connectivity index (χ0v) is 7.44. The molecule has 1 aromatic carbocycles. The van der Waals surface area contributed by atoms with Gasteiger partial charge >= 0.3 is 0 Å². The molecule has 0 fully saturated rings. The second kappa shape index (κ2) is 2.80. The molecule has 0 aliphatic carbocycles. The summed E-state index contributed by atoms with van der Waals surface area (Å²) in [6.07, 6.45) is 0. The molecule has 1 aliphatic rings. The summed E-state index contributed by atoms with van der Waals surface area (Å²) in [4.78, 5) is 21.3. The van der Waals surface area contributed by atoms with Crippen LogP contribution in [-0.2, 0) is 0 Å². The highest BCUT2D eigenvalue weighted by molar-refractivity contribution is 6.02. The Bertz CT molecular complexity index is 438. The second-order valence-corrected chi connectivity index (χ2v) is 3.10. The van der Waals surface area contributed by atoms with Crippen molar-refractivity contribution >= 4 is 11.5 Å². The van der Waals surface area contributed by atoms with Crippen LogP contribution in [0.2, 0.25) is 0 Å². The summed E-state index contributed by atoms with van der Waals surface area (Å²) in [5.41, 5.74) is 0.772. The van der Waals surface area contributed by atoms with Gasteiger partial charge in [-0.05, 0) is 13.0 Å². The Labute approximate surface area is 79.4 Å². The van der Waals surface area contributed by atoms with E-state index in [1.54, 1.807) is 6.92 Å². The van der Waals surface area contributed by atoms with Crippen molar-refractivity contribution in [3.63, 3.8) is 0 Å². The van der Waals surface area contributed by atoms with Crippen LogP contribution >= 0.6 is 0 Å². The van der Waals surface area contributed by atoms with Crippen LogP contribution in [0.5, 0.6) is 5.75 Å². The average Bonchev–Trinajstić information content (AvgIpc) is 2.46. The highest BCUT2D eigenvalue weighted by Gasteiger charge is 2.25. The van der Waals surface area contributed by atoms with E-state index in [-0.39, 0.29) is 18.1 Å². The maximum absolute atomic E-state index is 11.2. The lowest BCUT2D eigenvalue weighted by Gasteiger charge is -2.00. The first-order valence-electron chi connectivity index (χ1n) is 4.04. The monoisotopic (exact) mass is 193 g/mol. The molecule has 5 nitrogen and oxygen atoms in total. The molecule has 1 aromatic rings. The fourth-order valence-electron chi connectivity index (χ4n) is 1.43. The lowest BCUT2D eigenvalue weighted by atomic mass is 10.1. The van der Waals surface area contributed by atoms with E-state index in [1.807, 2.05) is 0 Å². The third kappa shape index (κ3) is 1.14. The number of aryl methyl sites for hydroxylation is 1. The lowest BCUT2D eigenvalue weighted by molar-refractivity contribution is -0.385. The van der Waals surface area contributed by atoms with Crippen molar-refractivity contribution in [1.29, 1.82) is 0 Å². The summed E-state index contributed by atoms with van der Waals surface area (Å²) in [5.74, 6) is 0.237. The van der Waals surface area contributed by atoms with Gasteiger partial charge in [0, 0.05) is 11.6 Å². The molecule has 0 aromatic heterocycles. The number of nitro groups is 1. The Kier molecular flexibility index (Phi) is 1.73. The van der Waals surface area contributed by atoms with E-state index in [1.165, 1.54) is 12.1 Å². The molecule has 2 rings (SSSR count). The van der Waals surface area contributed by atoms with E-state index < -0.39 is 4.92 Å². The Balaban J connectivity index is 2.62. The van der Waals surface area contributed by atoms with E-state index in [2.05, 4.69) is 0 Å². The molecule has 0 bridgehead atoms. The minimum Gasteiger partial charge on any atom is -0.485 e. The molecule has 1 heterocycles. The summed E-state index contributed by atoms with van der Waals surface area (Å²) < 4.78 is 5.05. The molecule has 14 heavy (non-hydrogen) atoms. The van der Waals surface area contributed by atoms with Crippen molar-refractivity contribution < 1.29 is 14.5 Å². The number of rotatable bonds is 1. The number of benzene rings is 1. The SMILES string of the molecule is Cc1cc2c(cc1[N+](=O)[O-])C(=O)CO2. The van der Waals surface area contributed by atoms with Crippen LogP contribution in [0.1, 0.15) is 15.9 Å². The summed E-state index contributed by atoms with van der Waals surface area (Å²) in [6, 6.07) is 2.80. The zero-order valence-electron chi connectivity index (χ0n) is 7.44. The Morgan fingerprint density at radius 2 is 2.21 bits per heavy atom. The van der Waals surface area contributed by atoms with Crippen LogP contribution in [0.25, 0.3) is 0 Å². The molecular weight excluding hydrogens is 186 g/mol. The van der Waals surface area contributed by atoms with Crippen molar-refractivity contribution in [2.45, 2.75) is 6.92 Å². The Morgan fingerprint density at radius 1 is 1.50 bits per heavy atom. The number of Topliss-reactive ketones (excluding diaryl/α,β-unsaturated/α-hetero) is 1. The van der Waals surface area contributed by atoms with Crippen LogP contribution < -0.4 is 4.74 Å². The fraction of sp³-hybridized carbons (Fsp3) is 0.222. The molecule has 0 amide bonds. The summed E-state index contributed by atoms with van der Waals surface area (Å²) >= 11 is 0.